The fourth-order valence-corrected chi connectivity index (χ4v) is 1.11. The predicted octanol–water partition coefficient (Wildman–Crippen LogP) is 1.42. The Labute approximate surface area is 89.9 Å². The lowest BCUT2D eigenvalue weighted by Gasteiger charge is -2.11. The van der Waals surface area contributed by atoms with Crippen LogP contribution in [0.25, 0.3) is 0 Å². The Morgan fingerprint density at radius 2 is 2.07 bits per heavy atom. The van der Waals surface area contributed by atoms with Gasteiger partial charge in [-0.05, 0) is 31.2 Å². The van der Waals surface area contributed by atoms with Gasteiger partial charge in [-0.2, -0.15) is 0 Å². The van der Waals surface area contributed by atoms with Crippen LogP contribution >= 0.6 is 0 Å². The Bertz CT molecular complexity index is 321. The summed E-state index contributed by atoms with van der Waals surface area (Å²) in [7, 11) is 1.69. The number of rotatable bonds is 5. The van der Waals surface area contributed by atoms with Gasteiger partial charge in [-0.3, -0.25) is 5.41 Å². The SMILES string of the molecule is COC(C)CNc1ccc(C(=N)N)cc1. The first-order chi connectivity index (χ1) is 7.13. The molecule has 0 aliphatic heterocycles. The zero-order valence-electron chi connectivity index (χ0n) is 9.08. The molecule has 1 aromatic rings. The average molecular weight is 207 g/mol. The molecule has 1 unspecified atom stereocenters. The molecule has 0 saturated carbocycles. The zero-order chi connectivity index (χ0) is 11.3. The Morgan fingerprint density at radius 1 is 1.47 bits per heavy atom. The third-order valence-electron chi connectivity index (χ3n) is 2.19. The molecule has 0 saturated heterocycles. The molecule has 15 heavy (non-hydrogen) atoms. The Balaban J connectivity index is 2.53. The maximum atomic E-state index is 7.24. The lowest BCUT2D eigenvalue weighted by atomic mass is 10.2. The molecule has 0 heterocycles. The maximum absolute atomic E-state index is 7.24. The molecule has 4 nitrogen and oxygen atoms in total. The minimum atomic E-state index is 0.0896. The van der Waals surface area contributed by atoms with Crippen LogP contribution in [0.1, 0.15) is 12.5 Å². The number of nitrogens with one attached hydrogen (secondary N) is 2. The lowest BCUT2D eigenvalue weighted by Crippen LogP contribution is -2.18. The van der Waals surface area contributed by atoms with Crippen LogP contribution in [-0.4, -0.2) is 25.6 Å². The van der Waals surface area contributed by atoms with E-state index in [1.807, 2.05) is 31.2 Å². The first-order valence-corrected chi connectivity index (χ1v) is 4.84. The van der Waals surface area contributed by atoms with Gasteiger partial charge >= 0.3 is 0 Å². The third-order valence-corrected chi connectivity index (χ3v) is 2.19. The molecular formula is C11H17N3O. The van der Waals surface area contributed by atoms with Crippen LogP contribution in [0.15, 0.2) is 24.3 Å². The molecule has 4 heteroatoms. The summed E-state index contributed by atoms with van der Waals surface area (Å²) in [6, 6.07) is 7.45. The molecule has 4 N–H and O–H groups in total. The molecule has 0 fully saturated rings. The van der Waals surface area contributed by atoms with Gasteiger partial charge in [0, 0.05) is 24.9 Å². The van der Waals surface area contributed by atoms with Crippen molar-refractivity contribution >= 4 is 11.5 Å². The number of methoxy groups -OCH3 is 1. The van der Waals surface area contributed by atoms with Crippen LogP contribution in [0.3, 0.4) is 0 Å². The number of ether oxygens (including phenoxy) is 1. The third kappa shape index (κ3) is 3.59. The normalized spacial score (nSPS) is 12.1. The van der Waals surface area contributed by atoms with E-state index >= 15 is 0 Å². The van der Waals surface area contributed by atoms with Gasteiger partial charge in [0.2, 0.25) is 0 Å². The van der Waals surface area contributed by atoms with Crippen molar-refractivity contribution in [1.29, 1.82) is 5.41 Å². The summed E-state index contributed by atoms with van der Waals surface area (Å²) < 4.78 is 5.12. The monoisotopic (exact) mass is 207 g/mol. The van der Waals surface area contributed by atoms with E-state index < -0.39 is 0 Å². The van der Waals surface area contributed by atoms with Crippen molar-refractivity contribution in [1.82, 2.24) is 0 Å². The number of hydrogen-bond donors (Lipinski definition) is 3. The highest BCUT2D eigenvalue weighted by atomic mass is 16.5. The number of hydrogen-bond acceptors (Lipinski definition) is 3. The second kappa shape index (κ2) is 5.36. The van der Waals surface area contributed by atoms with Crippen molar-refractivity contribution in [3.8, 4) is 0 Å². The summed E-state index contributed by atoms with van der Waals surface area (Å²) in [6.45, 7) is 2.76. The summed E-state index contributed by atoms with van der Waals surface area (Å²) in [5.74, 6) is 0.0896. The molecule has 0 aromatic heterocycles. The van der Waals surface area contributed by atoms with Gasteiger partial charge in [-0.1, -0.05) is 0 Å². The molecule has 1 atom stereocenters. The standard InChI is InChI=1S/C11H17N3O/c1-8(15-2)7-14-10-5-3-9(4-6-10)11(12)13/h3-6,8,14H,7H2,1-2H3,(H3,12,13). The molecule has 0 aliphatic rings. The van der Waals surface area contributed by atoms with E-state index in [1.165, 1.54) is 0 Å². The van der Waals surface area contributed by atoms with E-state index in [1.54, 1.807) is 7.11 Å². The number of nitrogen functional groups attached to an aromatic ring is 1. The second-order valence-corrected chi connectivity index (χ2v) is 3.42. The molecule has 0 bridgehead atoms. The van der Waals surface area contributed by atoms with Crippen LogP contribution in [0.2, 0.25) is 0 Å². The number of anilines is 1. The van der Waals surface area contributed by atoms with Gasteiger partial charge < -0.3 is 15.8 Å². The molecule has 1 aromatic carbocycles. The van der Waals surface area contributed by atoms with E-state index in [4.69, 9.17) is 15.9 Å². The zero-order valence-corrected chi connectivity index (χ0v) is 9.08. The maximum Gasteiger partial charge on any atom is 0.122 e. The molecule has 82 valence electrons. The lowest BCUT2D eigenvalue weighted by molar-refractivity contribution is 0.129. The van der Waals surface area contributed by atoms with E-state index in [0.29, 0.717) is 0 Å². The quantitative estimate of drug-likeness (QED) is 0.505. The van der Waals surface area contributed by atoms with Crippen LogP contribution in [0.5, 0.6) is 0 Å². The topological polar surface area (TPSA) is 71.1 Å². The number of amidine groups is 1. The minimum absolute atomic E-state index is 0.0896. The molecule has 0 aliphatic carbocycles. The van der Waals surface area contributed by atoms with E-state index in [-0.39, 0.29) is 11.9 Å². The molecule has 1 rings (SSSR count). The van der Waals surface area contributed by atoms with Gasteiger partial charge in [0.25, 0.3) is 0 Å². The minimum Gasteiger partial charge on any atom is -0.384 e. The molecule has 0 amide bonds. The van der Waals surface area contributed by atoms with Gasteiger partial charge in [0.15, 0.2) is 0 Å². The highest BCUT2D eigenvalue weighted by Crippen LogP contribution is 2.09. The summed E-state index contributed by atoms with van der Waals surface area (Å²) in [5.41, 5.74) is 7.09. The van der Waals surface area contributed by atoms with Crippen molar-refractivity contribution < 1.29 is 4.74 Å². The van der Waals surface area contributed by atoms with Crippen molar-refractivity contribution in [3.05, 3.63) is 29.8 Å². The molecule has 0 radical (unpaired) electrons. The van der Waals surface area contributed by atoms with Gasteiger partial charge in [0.1, 0.15) is 5.84 Å². The Morgan fingerprint density at radius 3 is 2.53 bits per heavy atom. The van der Waals surface area contributed by atoms with Crippen LogP contribution in [0.4, 0.5) is 5.69 Å². The van der Waals surface area contributed by atoms with Gasteiger partial charge in [-0.25, -0.2) is 0 Å². The summed E-state index contributed by atoms with van der Waals surface area (Å²) in [6.07, 6.45) is 0.178. The number of nitrogens with two attached hydrogens (primary N) is 1. The first-order valence-electron chi connectivity index (χ1n) is 4.84. The van der Waals surface area contributed by atoms with Crippen molar-refractivity contribution in [2.24, 2.45) is 5.73 Å². The molecule has 0 spiro atoms. The van der Waals surface area contributed by atoms with Crippen LogP contribution < -0.4 is 11.1 Å². The highest BCUT2D eigenvalue weighted by molar-refractivity contribution is 5.95. The van der Waals surface area contributed by atoms with Crippen LogP contribution in [-0.2, 0) is 4.74 Å². The summed E-state index contributed by atoms with van der Waals surface area (Å²) >= 11 is 0. The van der Waals surface area contributed by atoms with Crippen molar-refractivity contribution in [3.63, 3.8) is 0 Å². The largest absolute Gasteiger partial charge is 0.384 e. The second-order valence-electron chi connectivity index (χ2n) is 3.42. The first kappa shape index (κ1) is 11.5. The summed E-state index contributed by atoms with van der Waals surface area (Å²) in [5, 5.41) is 10.5. The van der Waals surface area contributed by atoms with Crippen molar-refractivity contribution in [2.75, 3.05) is 19.0 Å². The Kier molecular flexibility index (Phi) is 4.12. The molecular weight excluding hydrogens is 190 g/mol. The summed E-state index contributed by atoms with van der Waals surface area (Å²) in [4.78, 5) is 0. The van der Waals surface area contributed by atoms with Gasteiger partial charge in [-0.15, -0.1) is 0 Å². The smallest absolute Gasteiger partial charge is 0.122 e. The van der Waals surface area contributed by atoms with Gasteiger partial charge in [0.05, 0.1) is 6.10 Å². The number of benzene rings is 1. The van der Waals surface area contributed by atoms with E-state index in [0.717, 1.165) is 17.8 Å². The fraction of sp³-hybridized carbons (Fsp3) is 0.364. The fourth-order valence-electron chi connectivity index (χ4n) is 1.11. The highest BCUT2D eigenvalue weighted by Gasteiger charge is 1.99. The van der Waals surface area contributed by atoms with E-state index in [9.17, 15) is 0 Å². The average Bonchev–Trinajstić information content (AvgIpc) is 2.26. The Hall–Kier alpha value is -1.55. The van der Waals surface area contributed by atoms with E-state index in [2.05, 4.69) is 5.32 Å². The van der Waals surface area contributed by atoms with Crippen molar-refractivity contribution in [2.45, 2.75) is 13.0 Å². The predicted molar refractivity (Wildman–Crippen MR) is 62.4 cm³/mol. The van der Waals surface area contributed by atoms with Crippen LogP contribution in [0, 0.1) is 5.41 Å².